The Labute approximate surface area is 124 Å². The first-order valence-electron chi connectivity index (χ1n) is 7.73. The first-order chi connectivity index (χ1) is 10.2. The number of rotatable bonds is 3. The molecule has 1 aliphatic rings. The number of halogens is 1. The molecule has 3 rings (SSSR count). The van der Waals surface area contributed by atoms with Gasteiger partial charge in [0.1, 0.15) is 5.82 Å². The predicted molar refractivity (Wildman–Crippen MR) is 81.7 cm³/mol. The molecular weight excluding hydrogens is 267 g/mol. The van der Waals surface area contributed by atoms with Crippen LogP contribution in [0.5, 0.6) is 0 Å². The zero-order valence-corrected chi connectivity index (χ0v) is 12.4. The lowest BCUT2D eigenvalue weighted by Gasteiger charge is -2.32. The summed E-state index contributed by atoms with van der Waals surface area (Å²) in [4.78, 5) is 17.1. The molecule has 1 fully saturated rings. The Morgan fingerprint density at radius 1 is 1.38 bits per heavy atom. The molecule has 0 radical (unpaired) electrons. The molecule has 1 N–H and O–H groups in total. The minimum atomic E-state index is -0.212. The lowest BCUT2D eigenvalue weighted by molar-refractivity contribution is -0.132. The normalized spacial score (nSPS) is 16.6. The molecule has 4 heteroatoms. The number of carbonyl (C=O) groups excluding carboxylic acids is 1. The van der Waals surface area contributed by atoms with Crippen molar-refractivity contribution in [1.29, 1.82) is 0 Å². The summed E-state index contributed by atoms with van der Waals surface area (Å²) in [7, 11) is 0. The summed E-state index contributed by atoms with van der Waals surface area (Å²) in [5, 5.41) is 1.11. The molecule has 2 aromatic rings. The Bertz CT molecular complexity index is 641. The number of fused-ring (bicyclic) bond motifs is 1. The molecule has 1 amide bonds. The maximum Gasteiger partial charge on any atom is 0.222 e. The van der Waals surface area contributed by atoms with Gasteiger partial charge in [-0.2, -0.15) is 0 Å². The van der Waals surface area contributed by atoms with Gasteiger partial charge >= 0.3 is 0 Å². The molecule has 0 aliphatic carbocycles. The van der Waals surface area contributed by atoms with Crippen LogP contribution in [0.4, 0.5) is 4.39 Å². The van der Waals surface area contributed by atoms with Gasteiger partial charge in [0.15, 0.2) is 0 Å². The maximum atomic E-state index is 13.2. The van der Waals surface area contributed by atoms with Crippen LogP contribution in [0.15, 0.2) is 24.4 Å². The third-order valence-electron chi connectivity index (χ3n) is 4.43. The highest BCUT2D eigenvalue weighted by atomic mass is 19.1. The average molecular weight is 288 g/mol. The Balaban J connectivity index is 1.72. The van der Waals surface area contributed by atoms with Crippen LogP contribution in [0, 0.1) is 5.82 Å². The van der Waals surface area contributed by atoms with E-state index < -0.39 is 0 Å². The van der Waals surface area contributed by atoms with Crippen molar-refractivity contribution in [2.45, 2.75) is 38.5 Å². The van der Waals surface area contributed by atoms with E-state index in [0.29, 0.717) is 12.3 Å². The average Bonchev–Trinajstić information content (AvgIpc) is 2.90. The van der Waals surface area contributed by atoms with Gasteiger partial charge in [0.2, 0.25) is 5.91 Å². The quantitative estimate of drug-likeness (QED) is 0.916. The molecule has 0 atom stereocenters. The zero-order valence-electron chi connectivity index (χ0n) is 12.4. The second kappa shape index (κ2) is 5.88. The van der Waals surface area contributed by atoms with E-state index in [-0.39, 0.29) is 11.7 Å². The fourth-order valence-electron chi connectivity index (χ4n) is 3.27. The van der Waals surface area contributed by atoms with Crippen molar-refractivity contribution in [2.24, 2.45) is 0 Å². The van der Waals surface area contributed by atoms with Crippen molar-refractivity contribution in [2.75, 3.05) is 13.1 Å². The van der Waals surface area contributed by atoms with E-state index in [0.717, 1.165) is 43.3 Å². The van der Waals surface area contributed by atoms with Gasteiger partial charge in [-0.25, -0.2) is 4.39 Å². The van der Waals surface area contributed by atoms with Gasteiger partial charge in [-0.15, -0.1) is 0 Å². The summed E-state index contributed by atoms with van der Waals surface area (Å²) in [5.74, 6) is 0.516. The zero-order chi connectivity index (χ0) is 14.8. The summed E-state index contributed by atoms with van der Waals surface area (Å²) >= 11 is 0. The standard InChI is InChI=1S/C17H21FN2O/c1-2-3-17(21)20-8-6-12(7-9-20)15-11-19-16-10-13(18)4-5-14(15)16/h4-5,10-12,19H,2-3,6-9H2,1H3. The lowest BCUT2D eigenvalue weighted by atomic mass is 9.89. The van der Waals surface area contributed by atoms with Crippen molar-refractivity contribution in [3.8, 4) is 0 Å². The van der Waals surface area contributed by atoms with Crippen LogP contribution in [-0.4, -0.2) is 28.9 Å². The predicted octanol–water partition coefficient (Wildman–Crippen LogP) is 3.81. The van der Waals surface area contributed by atoms with Gasteiger partial charge in [-0.3, -0.25) is 4.79 Å². The van der Waals surface area contributed by atoms with Crippen molar-refractivity contribution in [1.82, 2.24) is 9.88 Å². The first kappa shape index (κ1) is 14.1. The molecule has 1 aromatic carbocycles. The number of aromatic amines is 1. The van der Waals surface area contributed by atoms with E-state index in [9.17, 15) is 9.18 Å². The van der Waals surface area contributed by atoms with E-state index >= 15 is 0 Å². The molecule has 112 valence electrons. The lowest BCUT2D eigenvalue weighted by Crippen LogP contribution is -2.37. The van der Waals surface area contributed by atoms with Crippen LogP contribution in [0.1, 0.15) is 44.1 Å². The number of H-pyrrole nitrogens is 1. The Kier molecular flexibility index (Phi) is 3.95. The van der Waals surface area contributed by atoms with Crippen molar-refractivity contribution < 1.29 is 9.18 Å². The van der Waals surface area contributed by atoms with Crippen molar-refractivity contribution in [3.63, 3.8) is 0 Å². The van der Waals surface area contributed by atoms with E-state index in [2.05, 4.69) is 4.98 Å². The highest BCUT2D eigenvalue weighted by molar-refractivity contribution is 5.84. The molecule has 2 heterocycles. The van der Waals surface area contributed by atoms with Crippen LogP contribution >= 0.6 is 0 Å². The first-order valence-corrected chi connectivity index (χ1v) is 7.73. The molecule has 3 nitrogen and oxygen atoms in total. The number of hydrogen-bond donors (Lipinski definition) is 1. The second-order valence-electron chi connectivity index (χ2n) is 5.84. The van der Waals surface area contributed by atoms with Gasteiger partial charge in [-0.05, 0) is 48.9 Å². The number of aromatic nitrogens is 1. The van der Waals surface area contributed by atoms with Gasteiger partial charge < -0.3 is 9.88 Å². The van der Waals surface area contributed by atoms with Crippen LogP contribution < -0.4 is 0 Å². The third-order valence-corrected chi connectivity index (χ3v) is 4.43. The molecule has 21 heavy (non-hydrogen) atoms. The van der Waals surface area contributed by atoms with E-state index in [4.69, 9.17) is 0 Å². The SMILES string of the molecule is CCCC(=O)N1CCC(c2c[nH]c3cc(F)ccc23)CC1. The number of piperidine rings is 1. The third kappa shape index (κ3) is 2.80. The number of nitrogens with zero attached hydrogens (tertiary/aromatic N) is 1. The minimum absolute atomic E-state index is 0.212. The molecule has 1 aromatic heterocycles. The topological polar surface area (TPSA) is 36.1 Å². The number of carbonyl (C=O) groups is 1. The van der Waals surface area contributed by atoms with Gasteiger partial charge in [0, 0.05) is 36.6 Å². The molecule has 0 spiro atoms. The van der Waals surface area contributed by atoms with Crippen LogP contribution in [0.25, 0.3) is 10.9 Å². The maximum absolute atomic E-state index is 13.2. The summed E-state index contributed by atoms with van der Waals surface area (Å²) in [5.41, 5.74) is 2.11. The van der Waals surface area contributed by atoms with Crippen molar-refractivity contribution in [3.05, 3.63) is 35.8 Å². The fraction of sp³-hybridized carbons (Fsp3) is 0.471. The largest absolute Gasteiger partial charge is 0.361 e. The summed E-state index contributed by atoms with van der Waals surface area (Å²) in [6.07, 6.45) is 5.53. The highest BCUT2D eigenvalue weighted by Crippen LogP contribution is 2.33. The number of nitrogens with one attached hydrogen (secondary N) is 1. The number of likely N-dealkylation sites (tertiary alicyclic amines) is 1. The highest BCUT2D eigenvalue weighted by Gasteiger charge is 2.24. The summed E-state index contributed by atoms with van der Waals surface area (Å²) in [6, 6.07) is 4.91. The molecular formula is C17H21FN2O. The number of benzene rings is 1. The minimum Gasteiger partial charge on any atom is -0.361 e. The summed E-state index contributed by atoms with van der Waals surface area (Å²) < 4.78 is 13.2. The molecule has 0 unspecified atom stereocenters. The monoisotopic (exact) mass is 288 g/mol. The Morgan fingerprint density at radius 3 is 2.86 bits per heavy atom. The van der Waals surface area contributed by atoms with Gasteiger partial charge in [-0.1, -0.05) is 6.92 Å². The smallest absolute Gasteiger partial charge is 0.222 e. The second-order valence-corrected chi connectivity index (χ2v) is 5.84. The van der Waals surface area contributed by atoms with E-state index in [1.807, 2.05) is 24.1 Å². The number of hydrogen-bond acceptors (Lipinski definition) is 1. The molecule has 0 bridgehead atoms. The van der Waals surface area contributed by atoms with E-state index in [1.54, 1.807) is 6.07 Å². The van der Waals surface area contributed by atoms with E-state index in [1.165, 1.54) is 11.6 Å². The Morgan fingerprint density at radius 2 is 2.14 bits per heavy atom. The van der Waals surface area contributed by atoms with Crippen molar-refractivity contribution >= 4 is 16.8 Å². The molecule has 1 aliphatic heterocycles. The fourth-order valence-corrected chi connectivity index (χ4v) is 3.27. The van der Waals surface area contributed by atoms with Crippen LogP contribution in [0.2, 0.25) is 0 Å². The van der Waals surface area contributed by atoms with Crippen LogP contribution in [-0.2, 0) is 4.79 Å². The number of amides is 1. The molecule has 0 saturated carbocycles. The summed E-state index contributed by atoms with van der Waals surface area (Å²) in [6.45, 7) is 3.70. The Hall–Kier alpha value is -1.84. The van der Waals surface area contributed by atoms with Gasteiger partial charge in [0.05, 0.1) is 0 Å². The van der Waals surface area contributed by atoms with Gasteiger partial charge in [0.25, 0.3) is 0 Å². The van der Waals surface area contributed by atoms with Crippen LogP contribution in [0.3, 0.4) is 0 Å². The molecule has 1 saturated heterocycles.